The summed E-state index contributed by atoms with van der Waals surface area (Å²) in [7, 11) is -3.17. The standard InChI is InChI=1S/2C14H20N3O3.BFO2/c2*1-3-18-13-10-20-14(19-4-2)9-17(13)12-7-5-11(16-15)6-8-12;2-1(3)4/h2*5-8,13-14H,3-4,9-10H2,1-2H3;/q2*+1;-2. The summed E-state index contributed by atoms with van der Waals surface area (Å²) in [5.74, 6) is 0. The summed E-state index contributed by atoms with van der Waals surface area (Å²) in [6.07, 6.45) is -0.764. The van der Waals surface area contributed by atoms with E-state index >= 15 is 0 Å². The molecule has 0 aromatic heterocycles. The van der Waals surface area contributed by atoms with Crippen molar-refractivity contribution in [1.29, 1.82) is 10.8 Å². The zero-order valence-electron chi connectivity index (χ0n) is 25.5. The Kier molecular flexibility index (Phi) is 17.1. The van der Waals surface area contributed by atoms with E-state index in [0.29, 0.717) is 64.1 Å². The summed E-state index contributed by atoms with van der Waals surface area (Å²) in [5.41, 5.74) is 3.03. The number of morpholine rings is 2. The third-order valence-electron chi connectivity index (χ3n) is 6.25. The highest BCUT2D eigenvalue weighted by molar-refractivity contribution is 6.27. The zero-order valence-corrected chi connectivity index (χ0v) is 25.5. The number of hydrogen-bond acceptors (Lipinski definition) is 12. The van der Waals surface area contributed by atoms with E-state index in [1.807, 2.05) is 52.0 Å². The molecule has 2 fully saturated rings. The van der Waals surface area contributed by atoms with Gasteiger partial charge in [0.1, 0.15) is 7.40 Å². The van der Waals surface area contributed by atoms with Gasteiger partial charge in [-0.1, -0.05) is 0 Å². The molecule has 0 spiro atoms. The Morgan fingerprint density at radius 1 is 0.705 bits per heavy atom. The fourth-order valence-electron chi connectivity index (χ4n) is 4.42. The first-order chi connectivity index (χ1) is 21.3. The van der Waals surface area contributed by atoms with Gasteiger partial charge in [-0.25, -0.2) is 0 Å². The Morgan fingerprint density at radius 3 is 1.30 bits per heavy atom. The molecule has 0 saturated carbocycles. The van der Waals surface area contributed by atoms with Gasteiger partial charge in [0.2, 0.25) is 10.8 Å². The molecule has 2 heterocycles. The first-order valence-electron chi connectivity index (χ1n) is 14.4. The molecule has 2 aromatic carbocycles. The lowest BCUT2D eigenvalue weighted by molar-refractivity contribution is -0.366. The van der Waals surface area contributed by atoms with Crippen LogP contribution >= 0.6 is 0 Å². The van der Waals surface area contributed by atoms with Gasteiger partial charge in [0.15, 0.2) is 35.0 Å². The minimum atomic E-state index is -3.17. The van der Waals surface area contributed by atoms with Crippen LogP contribution in [-0.2, 0) is 28.4 Å². The Hall–Kier alpha value is -3.45. The maximum atomic E-state index is 9.89. The second-order valence-electron chi connectivity index (χ2n) is 9.07. The van der Waals surface area contributed by atoms with Crippen LogP contribution < -0.4 is 19.8 Å². The normalized spacial score (nSPS) is 21.1. The van der Waals surface area contributed by atoms with Gasteiger partial charge < -0.3 is 52.6 Å². The summed E-state index contributed by atoms with van der Waals surface area (Å²) in [6.45, 7) is 12.4. The van der Waals surface area contributed by atoms with E-state index in [0.717, 1.165) is 11.4 Å². The Labute approximate surface area is 257 Å². The third kappa shape index (κ3) is 12.3. The van der Waals surface area contributed by atoms with Crippen molar-refractivity contribution in [2.75, 3.05) is 62.5 Å². The number of ether oxygens (including phenoxy) is 6. The minimum absolute atomic E-state index is 0.131. The van der Waals surface area contributed by atoms with E-state index in [9.17, 15) is 4.32 Å². The highest BCUT2D eigenvalue weighted by Crippen LogP contribution is 2.27. The molecule has 4 rings (SSSR count). The zero-order chi connectivity index (χ0) is 32.3. The number of nitrogens with zero attached hydrogens (tertiary/aromatic N) is 6. The van der Waals surface area contributed by atoms with Gasteiger partial charge in [-0.2, -0.15) is 0 Å². The first-order valence-corrected chi connectivity index (χ1v) is 14.4. The van der Waals surface area contributed by atoms with Crippen LogP contribution in [0.5, 0.6) is 0 Å². The SMILES string of the molecule is CCOC1CN(c2ccc([N+]#N)cc2)C(OCC)CO1.CCOC1CN(c2ccc([N+]#N)cc2)C(OCC)CO1.[O-]B([O-])F. The molecule has 2 saturated heterocycles. The maximum Gasteiger partial charge on any atom is 0.385 e. The predicted molar refractivity (Wildman–Crippen MR) is 157 cm³/mol. The van der Waals surface area contributed by atoms with E-state index in [2.05, 4.69) is 19.8 Å². The molecule has 2 aromatic rings. The van der Waals surface area contributed by atoms with Crippen molar-refractivity contribution < 1.29 is 42.8 Å². The van der Waals surface area contributed by atoms with Gasteiger partial charge in [0.05, 0.1) is 26.3 Å². The summed E-state index contributed by atoms with van der Waals surface area (Å²) < 4.78 is 43.6. The lowest BCUT2D eigenvalue weighted by Gasteiger charge is -2.40. The third-order valence-corrected chi connectivity index (χ3v) is 6.25. The highest BCUT2D eigenvalue weighted by atomic mass is 19.1. The quantitative estimate of drug-likeness (QED) is 0.283. The van der Waals surface area contributed by atoms with Crippen molar-refractivity contribution >= 4 is 30.1 Å². The van der Waals surface area contributed by atoms with Crippen LogP contribution in [0.3, 0.4) is 0 Å². The number of diazo groups is 2. The molecule has 4 unspecified atom stereocenters. The number of hydrogen-bond donors (Lipinski definition) is 0. The molecule has 0 aliphatic carbocycles. The van der Waals surface area contributed by atoms with Crippen molar-refractivity contribution in [2.45, 2.75) is 52.7 Å². The molecule has 0 radical (unpaired) electrons. The maximum absolute atomic E-state index is 9.89. The van der Waals surface area contributed by atoms with E-state index in [4.69, 9.17) is 49.3 Å². The van der Waals surface area contributed by atoms with Crippen LogP contribution in [0.1, 0.15) is 27.7 Å². The molecule has 14 nitrogen and oxygen atoms in total. The van der Waals surface area contributed by atoms with Crippen LogP contribution in [-0.4, -0.2) is 85.2 Å². The van der Waals surface area contributed by atoms with Crippen LogP contribution in [0, 0.1) is 10.8 Å². The smallest absolute Gasteiger partial charge is 0.385 e. The number of halogens is 1. The lowest BCUT2D eigenvalue weighted by Crippen LogP contribution is -2.52. The molecule has 2 aliphatic rings. The van der Waals surface area contributed by atoms with Gasteiger partial charge in [0, 0.05) is 62.1 Å². The summed E-state index contributed by atoms with van der Waals surface area (Å²) in [5, 5.41) is 34.1. The fraction of sp³-hybridized carbons (Fsp3) is 0.571. The second-order valence-corrected chi connectivity index (χ2v) is 9.07. The average molecular weight is 618 g/mol. The molecule has 16 heteroatoms. The number of rotatable bonds is 10. The van der Waals surface area contributed by atoms with Crippen molar-refractivity contribution in [3.05, 3.63) is 58.5 Å². The summed E-state index contributed by atoms with van der Waals surface area (Å²) >= 11 is 0. The molecule has 4 atom stereocenters. The number of benzene rings is 2. The molecular weight excluding hydrogens is 578 g/mol. The van der Waals surface area contributed by atoms with Crippen LogP contribution in [0.25, 0.3) is 9.95 Å². The van der Waals surface area contributed by atoms with Crippen molar-refractivity contribution in [3.63, 3.8) is 0 Å². The van der Waals surface area contributed by atoms with Crippen molar-refractivity contribution in [3.8, 4) is 0 Å². The summed E-state index contributed by atoms with van der Waals surface area (Å²) in [6, 6.07) is 14.6. The molecule has 0 bridgehead atoms. The Bertz CT molecular complexity index is 1060. The molecule has 2 aliphatic heterocycles. The molecule has 240 valence electrons. The van der Waals surface area contributed by atoms with E-state index < -0.39 is 7.40 Å². The van der Waals surface area contributed by atoms with Crippen LogP contribution in [0.15, 0.2) is 48.5 Å². The highest BCUT2D eigenvalue weighted by Gasteiger charge is 2.31. The minimum Gasteiger partial charge on any atom is -0.867 e. The van der Waals surface area contributed by atoms with E-state index in [-0.39, 0.29) is 25.0 Å². The van der Waals surface area contributed by atoms with Gasteiger partial charge >= 0.3 is 11.4 Å². The van der Waals surface area contributed by atoms with Crippen LogP contribution in [0.4, 0.5) is 27.1 Å². The average Bonchev–Trinajstić information content (AvgIpc) is 3.03. The van der Waals surface area contributed by atoms with Crippen LogP contribution in [0.2, 0.25) is 0 Å². The first kappa shape index (κ1) is 36.7. The number of anilines is 2. The molecule has 44 heavy (non-hydrogen) atoms. The molecular formula is C28H40BFN6O8. The molecule has 0 N–H and O–H groups in total. The predicted octanol–water partition coefficient (Wildman–Crippen LogP) is 3.13. The Balaban J connectivity index is 0.000000274. The monoisotopic (exact) mass is 618 g/mol. The van der Waals surface area contributed by atoms with Crippen molar-refractivity contribution in [1.82, 2.24) is 0 Å². The second kappa shape index (κ2) is 20.5. The van der Waals surface area contributed by atoms with Gasteiger partial charge in [-0.3, -0.25) is 0 Å². The van der Waals surface area contributed by atoms with E-state index in [1.54, 1.807) is 24.3 Å². The Morgan fingerprint density at radius 2 is 1.02 bits per heavy atom. The van der Waals surface area contributed by atoms with Crippen molar-refractivity contribution in [2.24, 2.45) is 0 Å². The summed E-state index contributed by atoms with van der Waals surface area (Å²) in [4.78, 5) is 10.5. The molecule has 0 amide bonds. The van der Waals surface area contributed by atoms with Gasteiger partial charge in [-0.15, -0.1) is 0 Å². The lowest BCUT2D eigenvalue weighted by atomic mass is 10.2. The fourth-order valence-corrected chi connectivity index (χ4v) is 4.42. The van der Waals surface area contributed by atoms with Gasteiger partial charge in [-0.05, 0) is 52.0 Å². The topological polar surface area (TPSA) is 164 Å². The van der Waals surface area contributed by atoms with Gasteiger partial charge in [0.25, 0.3) is 0 Å². The largest absolute Gasteiger partial charge is 0.867 e. The van der Waals surface area contributed by atoms with E-state index in [1.165, 1.54) is 0 Å².